The average Bonchev–Trinajstić information content (AvgIpc) is 3.71. The molecular weight excluding hydrogens is 703 g/mol. The Morgan fingerprint density at radius 3 is 2.28 bits per heavy atom. The standard InChI is InChI=1S/C37H51N4O9P.CH4O/c1-24(2)41(25(3)4)51(50-33-21-34(49-27(33)6)40-22-26(5)35(42)39-36(40)43)48-20-19-46-18-17-45-16-15-38-37(44)47-23-32-30-13-9-7-11-28(30)29-12-8-10-14-31(29)32;1-2/h7-14,22,24-25,27,32-34H,15-21,23H2,1-6H3,(H,38,44)(H,39,42,43);2H,1H3/t27-,33-,34-,51?;/m1./s1/i6D;2T. The van der Waals surface area contributed by atoms with E-state index in [0.29, 0.717) is 45.0 Å². The Morgan fingerprint density at radius 1 is 1.06 bits per heavy atom. The minimum atomic E-state index is -1.56. The highest BCUT2D eigenvalue weighted by Crippen LogP contribution is 2.50. The molecule has 292 valence electrons. The van der Waals surface area contributed by atoms with Crippen molar-refractivity contribution in [1.82, 2.24) is 19.5 Å². The number of hydrogen-bond acceptors (Lipinski definition) is 11. The zero-order valence-electron chi connectivity index (χ0n) is 33.4. The molecule has 5 rings (SSSR count). The van der Waals surface area contributed by atoms with Crippen molar-refractivity contribution in [2.45, 2.75) is 84.4 Å². The highest BCUT2D eigenvalue weighted by atomic mass is 31.2. The van der Waals surface area contributed by atoms with Crippen molar-refractivity contribution >= 4 is 14.6 Å². The van der Waals surface area contributed by atoms with Gasteiger partial charge in [0, 0.05) is 51.2 Å². The molecular formula is C38H55N4O10P. The van der Waals surface area contributed by atoms with Crippen LogP contribution in [0.5, 0.6) is 0 Å². The number of fused-ring (bicyclic) bond motifs is 3. The van der Waals surface area contributed by atoms with Gasteiger partial charge in [0.1, 0.15) is 12.8 Å². The number of aliphatic hydroxyl groups excluding tert-OH is 1. The number of aromatic nitrogens is 2. The van der Waals surface area contributed by atoms with Gasteiger partial charge in [-0.3, -0.25) is 14.3 Å². The van der Waals surface area contributed by atoms with Crippen molar-refractivity contribution in [3.63, 3.8) is 0 Å². The summed E-state index contributed by atoms with van der Waals surface area (Å²) < 4.78 is 53.0. The molecule has 1 amide bonds. The van der Waals surface area contributed by atoms with E-state index in [9.17, 15) is 14.4 Å². The Kier molecular flexibility index (Phi) is 15.4. The van der Waals surface area contributed by atoms with E-state index in [0.717, 1.165) is 0 Å². The van der Waals surface area contributed by atoms with E-state index in [1.54, 1.807) is 6.92 Å². The Labute approximate surface area is 315 Å². The van der Waals surface area contributed by atoms with Gasteiger partial charge in [-0.05, 0) is 63.8 Å². The van der Waals surface area contributed by atoms with Crippen molar-refractivity contribution in [1.29, 1.82) is 1.43 Å². The number of benzene rings is 2. The van der Waals surface area contributed by atoms with Crippen LogP contribution in [-0.4, -0.2) is 104 Å². The SMILES string of the molecule is [2H]C[C@H]1O[C@@H](n2cc(C)c(=O)[nH]c2=O)C[C@H]1OP(OCCOCCOCCNC(=O)OCC1c2ccccc2-c2ccccc21)N(C(C)C)C(C)C.[3H]OC. The van der Waals surface area contributed by atoms with Crippen molar-refractivity contribution in [2.75, 3.05) is 53.3 Å². The van der Waals surface area contributed by atoms with Crippen LogP contribution >= 0.6 is 8.53 Å². The van der Waals surface area contributed by atoms with Crippen LogP contribution in [0.15, 0.2) is 64.3 Å². The summed E-state index contributed by atoms with van der Waals surface area (Å²) >= 11 is 0. The van der Waals surface area contributed by atoms with Crippen LogP contribution in [-0.2, 0) is 28.0 Å². The largest absolute Gasteiger partial charge is 0.449 e. The molecule has 1 aromatic heterocycles. The summed E-state index contributed by atoms with van der Waals surface area (Å²) in [6.07, 6.45) is -0.431. The first kappa shape index (κ1) is 39.2. The van der Waals surface area contributed by atoms with Gasteiger partial charge in [0.25, 0.3) is 14.1 Å². The van der Waals surface area contributed by atoms with E-state index in [-0.39, 0.29) is 38.1 Å². The Balaban J connectivity index is 0.00000217. The molecule has 0 spiro atoms. The minimum absolute atomic E-state index is 0.00640. The predicted molar refractivity (Wildman–Crippen MR) is 203 cm³/mol. The Morgan fingerprint density at radius 2 is 1.66 bits per heavy atom. The molecule has 0 bridgehead atoms. The van der Waals surface area contributed by atoms with Gasteiger partial charge in [-0.2, -0.15) is 0 Å². The minimum Gasteiger partial charge on any atom is -0.449 e. The summed E-state index contributed by atoms with van der Waals surface area (Å²) in [7, 11) is -0.271. The maximum atomic E-state index is 12.5. The summed E-state index contributed by atoms with van der Waals surface area (Å²) in [5.41, 5.74) is 4.08. The van der Waals surface area contributed by atoms with Crippen LogP contribution in [0.1, 0.15) is 71.2 Å². The molecule has 0 radical (unpaired) electrons. The lowest BCUT2D eigenvalue weighted by molar-refractivity contribution is -0.00994. The van der Waals surface area contributed by atoms with Gasteiger partial charge in [0.15, 0.2) is 0 Å². The van der Waals surface area contributed by atoms with E-state index >= 15 is 0 Å². The summed E-state index contributed by atoms with van der Waals surface area (Å²) in [6.45, 7) is 12.0. The van der Waals surface area contributed by atoms with Gasteiger partial charge < -0.3 is 38.4 Å². The molecule has 2 heterocycles. The van der Waals surface area contributed by atoms with Crippen LogP contribution in [0, 0.1) is 6.92 Å². The van der Waals surface area contributed by atoms with Crippen molar-refractivity contribution < 1.29 is 39.3 Å². The molecule has 1 aliphatic carbocycles. The Hall–Kier alpha value is -3.46. The number of ether oxygens (including phenoxy) is 4. The number of aromatic amines is 1. The normalized spacial score (nSPS) is 19.0. The molecule has 3 N–H and O–H groups in total. The van der Waals surface area contributed by atoms with Gasteiger partial charge in [0.05, 0.1) is 45.2 Å². The number of nitrogens with zero attached hydrogens (tertiary/aromatic N) is 2. The van der Waals surface area contributed by atoms with Gasteiger partial charge in [0.2, 0.25) is 1.43 Å². The molecule has 2 aromatic carbocycles. The fourth-order valence-corrected chi connectivity index (χ4v) is 8.14. The van der Waals surface area contributed by atoms with Crippen molar-refractivity contribution in [3.8, 4) is 11.1 Å². The van der Waals surface area contributed by atoms with Crippen LogP contribution in [0.2, 0.25) is 0 Å². The summed E-state index contributed by atoms with van der Waals surface area (Å²) in [4.78, 5) is 39.1. The number of nitrogens with one attached hydrogen (secondary N) is 2. The number of rotatable bonds is 18. The highest BCUT2D eigenvalue weighted by Gasteiger charge is 2.39. The van der Waals surface area contributed by atoms with Crippen molar-refractivity contribution in [3.05, 3.63) is 92.3 Å². The second kappa shape index (κ2) is 20.8. The highest BCUT2D eigenvalue weighted by molar-refractivity contribution is 7.44. The molecule has 1 saturated heterocycles. The van der Waals surface area contributed by atoms with Crippen molar-refractivity contribution in [2.24, 2.45) is 0 Å². The smallest absolute Gasteiger partial charge is 0.407 e. The average molecular weight is 762 g/mol. The van der Waals surface area contributed by atoms with Crippen LogP contribution in [0.4, 0.5) is 4.79 Å². The lowest BCUT2D eigenvalue weighted by Gasteiger charge is -2.37. The number of amides is 1. The number of carbonyl (C=O) groups excluding carboxylic acids is 1. The molecule has 1 aliphatic heterocycles. The van der Waals surface area contributed by atoms with Crippen LogP contribution < -0.4 is 16.6 Å². The maximum absolute atomic E-state index is 12.5. The van der Waals surface area contributed by atoms with Crippen LogP contribution in [0.25, 0.3) is 11.1 Å². The van der Waals surface area contributed by atoms with E-state index in [2.05, 4.69) is 72.0 Å². The lowest BCUT2D eigenvalue weighted by Crippen LogP contribution is -2.35. The first-order valence-corrected chi connectivity index (χ1v) is 19.0. The van der Waals surface area contributed by atoms with Gasteiger partial charge in [-0.25, -0.2) is 14.3 Å². The molecule has 2 aliphatic rings. The molecule has 15 heteroatoms. The number of carbonyl (C=O) groups is 1. The molecule has 0 saturated carbocycles. The number of aryl methyl sites for hydroxylation is 1. The zero-order chi connectivity index (χ0) is 39.9. The number of alkyl carbamates (subject to hydrolysis) is 1. The topological polar surface area (TPSA) is 163 Å². The molecule has 1 fully saturated rings. The summed E-state index contributed by atoms with van der Waals surface area (Å²) in [6, 6.07) is 16.7. The van der Waals surface area contributed by atoms with E-state index in [4.69, 9.17) is 30.8 Å². The molecule has 14 nitrogen and oxygen atoms in total. The molecule has 53 heavy (non-hydrogen) atoms. The fourth-order valence-electron chi connectivity index (χ4n) is 6.40. The number of hydrogen-bond donors (Lipinski definition) is 3. The third kappa shape index (κ3) is 11.3. The summed E-state index contributed by atoms with van der Waals surface area (Å²) in [5.74, 6) is 0.00640. The second-order valence-corrected chi connectivity index (χ2v) is 14.5. The first-order valence-electron chi connectivity index (χ1n) is 19.0. The third-order valence-corrected chi connectivity index (χ3v) is 10.9. The molecule has 4 atom stereocenters. The van der Waals surface area contributed by atoms with Gasteiger partial charge in [-0.1, -0.05) is 48.5 Å². The Bertz CT molecular complexity index is 1710. The van der Waals surface area contributed by atoms with E-state index in [1.807, 2.05) is 24.3 Å². The molecule has 1 unspecified atom stereocenters. The number of aliphatic hydroxyl groups is 1. The maximum Gasteiger partial charge on any atom is 0.407 e. The van der Waals surface area contributed by atoms with Crippen LogP contribution in [0.3, 0.4) is 0 Å². The lowest BCUT2D eigenvalue weighted by atomic mass is 9.98. The second-order valence-electron chi connectivity index (χ2n) is 13.1. The quantitative estimate of drug-likeness (QED) is 0.117. The summed E-state index contributed by atoms with van der Waals surface area (Å²) in [5, 5.41) is 6.25. The molecule has 3 aromatic rings. The zero-order valence-corrected chi connectivity index (χ0v) is 32.3. The van der Waals surface area contributed by atoms with E-state index < -0.39 is 44.3 Å². The third-order valence-electron chi connectivity index (χ3n) is 8.77. The van der Waals surface area contributed by atoms with Gasteiger partial charge >= 0.3 is 11.8 Å². The fraction of sp³-hybridized carbons (Fsp3) is 0.553. The number of H-pyrrole nitrogens is 1. The first-order chi connectivity index (χ1) is 26.5. The van der Waals surface area contributed by atoms with Gasteiger partial charge in [-0.15, -0.1) is 0 Å². The predicted octanol–water partition coefficient (Wildman–Crippen LogP) is 5.08. The monoisotopic (exact) mass is 761 g/mol. The van der Waals surface area contributed by atoms with E-state index in [1.165, 1.54) is 40.1 Å².